The first kappa shape index (κ1) is 26.4. The van der Waals surface area contributed by atoms with Crippen molar-refractivity contribution >= 4 is 0 Å². The van der Waals surface area contributed by atoms with Gasteiger partial charge in [0.15, 0.2) is 0 Å². The third kappa shape index (κ3) is 6.05. The summed E-state index contributed by atoms with van der Waals surface area (Å²) < 4.78 is 30.2. The maximum absolute atomic E-state index is 15.1. The minimum absolute atomic E-state index is 0.000337. The van der Waals surface area contributed by atoms with Gasteiger partial charge in [-0.25, -0.2) is 8.78 Å². The molecule has 2 aromatic rings. The quantitative estimate of drug-likeness (QED) is 0.337. The van der Waals surface area contributed by atoms with E-state index in [0.717, 1.165) is 57.9 Å². The van der Waals surface area contributed by atoms with Gasteiger partial charge in [-0.3, -0.25) is 4.90 Å². The van der Waals surface area contributed by atoms with Gasteiger partial charge in [-0.1, -0.05) is 62.6 Å². The van der Waals surface area contributed by atoms with Gasteiger partial charge in [-0.05, 0) is 76.0 Å². The van der Waals surface area contributed by atoms with E-state index in [4.69, 9.17) is 0 Å². The predicted octanol–water partition coefficient (Wildman–Crippen LogP) is 7.82. The number of hydrogen-bond donors (Lipinski definition) is 0. The van der Waals surface area contributed by atoms with Crippen LogP contribution in [0, 0.1) is 28.9 Å². The van der Waals surface area contributed by atoms with Crippen LogP contribution in [-0.2, 0) is 11.8 Å². The number of benzene rings is 2. The molecule has 0 radical (unpaired) electrons. The second-order valence-electron chi connectivity index (χ2n) is 10.2. The summed E-state index contributed by atoms with van der Waals surface area (Å²) in [5, 5.41) is 10.5. The van der Waals surface area contributed by atoms with E-state index in [-0.39, 0.29) is 17.5 Å². The molecule has 34 heavy (non-hydrogen) atoms. The number of nitriles is 1. The van der Waals surface area contributed by atoms with Gasteiger partial charge in [0.05, 0.1) is 11.5 Å². The summed E-state index contributed by atoms with van der Waals surface area (Å²) in [7, 11) is 0. The van der Waals surface area contributed by atoms with Gasteiger partial charge in [0.1, 0.15) is 11.6 Å². The summed E-state index contributed by atoms with van der Waals surface area (Å²) >= 11 is 0. The number of nitrogens with zero attached hydrogens (tertiary/aromatic N) is 2. The zero-order chi connectivity index (χ0) is 24.6. The zero-order valence-electron chi connectivity index (χ0n) is 21.1. The molecule has 2 atom stereocenters. The maximum Gasteiger partial charge on any atom is 0.130 e. The monoisotopic (exact) mass is 466 g/mol. The lowest BCUT2D eigenvalue weighted by Crippen LogP contribution is -2.44. The lowest BCUT2D eigenvalue weighted by molar-refractivity contribution is 0.126. The largest absolute Gasteiger partial charge is 0.298 e. The molecule has 0 spiro atoms. The van der Waals surface area contributed by atoms with Gasteiger partial charge in [-0.15, -0.1) is 0 Å². The van der Waals surface area contributed by atoms with Crippen LogP contribution < -0.4 is 0 Å². The number of rotatable bonds is 11. The summed E-state index contributed by atoms with van der Waals surface area (Å²) in [6.07, 6.45) is 8.05. The molecule has 1 saturated carbocycles. The molecular formula is C30H40F2N2. The maximum atomic E-state index is 15.1. The van der Waals surface area contributed by atoms with Crippen molar-refractivity contribution in [3.63, 3.8) is 0 Å². The molecule has 0 N–H and O–H groups in total. The van der Waals surface area contributed by atoms with Crippen LogP contribution in [0.3, 0.4) is 0 Å². The highest BCUT2D eigenvalue weighted by Gasteiger charge is 2.45. The molecule has 3 rings (SSSR count). The molecule has 4 heteroatoms. The highest BCUT2D eigenvalue weighted by atomic mass is 19.1. The van der Waals surface area contributed by atoms with E-state index < -0.39 is 17.0 Å². The van der Waals surface area contributed by atoms with Crippen LogP contribution in [0.5, 0.6) is 0 Å². The highest BCUT2D eigenvalue weighted by molar-refractivity contribution is 5.36. The van der Waals surface area contributed by atoms with Crippen LogP contribution in [0.15, 0.2) is 48.5 Å². The van der Waals surface area contributed by atoms with Crippen LogP contribution in [0.2, 0.25) is 0 Å². The van der Waals surface area contributed by atoms with Gasteiger partial charge < -0.3 is 0 Å². The Bertz CT molecular complexity index is 910. The van der Waals surface area contributed by atoms with Crippen molar-refractivity contribution in [1.82, 2.24) is 4.90 Å². The van der Waals surface area contributed by atoms with E-state index in [1.165, 1.54) is 23.8 Å². The van der Waals surface area contributed by atoms with Crippen molar-refractivity contribution in [3.8, 4) is 6.07 Å². The molecule has 1 aliphatic rings. The van der Waals surface area contributed by atoms with Gasteiger partial charge in [0.2, 0.25) is 0 Å². The Morgan fingerprint density at radius 3 is 2.21 bits per heavy atom. The van der Waals surface area contributed by atoms with E-state index in [1.807, 2.05) is 6.07 Å². The fourth-order valence-electron chi connectivity index (χ4n) is 6.02. The summed E-state index contributed by atoms with van der Waals surface area (Å²) in [6, 6.07) is 17.6. The van der Waals surface area contributed by atoms with E-state index in [1.54, 1.807) is 0 Å². The Balaban J connectivity index is 1.86. The molecule has 0 saturated heterocycles. The second kappa shape index (κ2) is 12.5. The molecule has 2 aromatic carbocycles. The molecular weight excluding hydrogens is 426 g/mol. The molecule has 2 unspecified atom stereocenters. The summed E-state index contributed by atoms with van der Waals surface area (Å²) in [5.41, 5.74) is 0.190. The molecule has 0 aliphatic heterocycles. The molecule has 1 fully saturated rings. The van der Waals surface area contributed by atoms with E-state index in [0.29, 0.717) is 12.5 Å². The normalized spacial score (nSPS) is 17.5. The Morgan fingerprint density at radius 1 is 1.00 bits per heavy atom. The third-order valence-electron chi connectivity index (χ3n) is 7.89. The molecule has 0 amide bonds. The summed E-state index contributed by atoms with van der Waals surface area (Å²) in [6.45, 7) is 7.53. The standard InChI is InChI=1S/C30H40F2N2/c1-4-26(34(23(2)3)21-19-24-12-7-5-8-13-24)18-20-30(22-33,25-14-9-6-10-15-25)29-27(31)16-11-17-28(29)32/h5,7-8,11-13,16-17,23,25-26H,4,6,9-10,14-15,18-21H2,1-3H3. The van der Waals surface area contributed by atoms with Crippen molar-refractivity contribution in [1.29, 1.82) is 5.26 Å². The zero-order valence-corrected chi connectivity index (χ0v) is 21.1. The Morgan fingerprint density at radius 2 is 1.65 bits per heavy atom. The van der Waals surface area contributed by atoms with Gasteiger partial charge in [0.25, 0.3) is 0 Å². The fraction of sp³-hybridized carbons (Fsp3) is 0.567. The predicted molar refractivity (Wildman–Crippen MR) is 136 cm³/mol. The summed E-state index contributed by atoms with van der Waals surface area (Å²) in [4.78, 5) is 2.51. The molecule has 184 valence electrons. The number of hydrogen-bond acceptors (Lipinski definition) is 2. The van der Waals surface area contributed by atoms with Gasteiger partial charge >= 0.3 is 0 Å². The minimum atomic E-state index is -1.12. The molecule has 0 bridgehead atoms. The van der Waals surface area contributed by atoms with Gasteiger partial charge in [0, 0.05) is 24.2 Å². The lowest BCUT2D eigenvalue weighted by atomic mass is 9.63. The average Bonchev–Trinajstić information content (AvgIpc) is 2.85. The lowest BCUT2D eigenvalue weighted by Gasteiger charge is -2.41. The number of halogens is 2. The highest BCUT2D eigenvalue weighted by Crippen LogP contribution is 2.46. The Hall–Kier alpha value is -2.25. The van der Waals surface area contributed by atoms with Crippen molar-refractivity contribution < 1.29 is 8.78 Å². The molecule has 1 aliphatic carbocycles. The second-order valence-corrected chi connectivity index (χ2v) is 10.2. The van der Waals surface area contributed by atoms with Crippen LogP contribution in [0.1, 0.15) is 83.3 Å². The van der Waals surface area contributed by atoms with E-state index in [2.05, 4.69) is 56.0 Å². The topological polar surface area (TPSA) is 27.0 Å². The Labute approximate surface area is 205 Å². The van der Waals surface area contributed by atoms with Crippen LogP contribution in [0.25, 0.3) is 0 Å². The first-order valence-corrected chi connectivity index (χ1v) is 13.1. The smallest absolute Gasteiger partial charge is 0.130 e. The first-order chi connectivity index (χ1) is 16.4. The Kier molecular flexibility index (Phi) is 9.65. The summed E-state index contributed by atoms with van der Waals surface area (Å²) in [5.74, 6) is -1.16. The van der Waals surface area contributed by atoms with Crippen molar-refractivity contribution in [3.05, 3.63) is 71.3 Å². The van der Waals surface area contributed by atoms with Crippen molar-refractivity contribution in [2.24, 2.45) is 5.92 Å². The molecule has 0 aromatic heterocycles. The van der Waals surface area contributed by atoms with Crippen LogP contribution in [-0.4, -0.2) is 23.5 Å². The van der Waals surface area contributed by atoms with Crippen molar-refractivity contribution in [2.45, 2.75) is 96.1 Å². The van der Waals surface area contributed by atoms with Crippen molar-refractivity contribution in [2.75, 3.05) is 6.54 Å². The van der Waals surface area contributed by atoms with E-state index >= 15 is 8.78 Å². The van der Waals surface area contributed by atoms with E-state index in [9.17, 15) is 5.26 Å². The minimum Gasteiger partial charge on any atom is -0.298 e. The van der Waals surface area contributed by atoms with Crippen LogP contribution >= 0.6 is 0 Å². The fourth-order valence-corrected chi connectivity index (χ4v) is 6.02. The van der Waals surface area contributed by atoms with Crippen LogP contribution in [0.4, 0.5) is 8.78 Å². The first-order valence-electron chi connectivity index (χ1n) is 13.1. The van der Waals surface area contributed by atoms with Gasteiger partial charge in [-0.2, -0.15) is 5.26 Å². The SMILES string of the molecule is CCC(CCC(C#N)(c1c(F)cccc1F)C1CCCCC1)N(CCc1ccccc1)C(C)C. The molecule has 0 heterocycles. The third-order valence-corrected chi connectivity index (χ3v) is 7.89. The molecule has 2 nitrogen and oxygen atoms in total. The average molecular weight is 467 g/mol.